The van der Waals surface area contributed by atoms with Crippen LogP contribution in [0, 0.1) is 0 Å². The van der Waals surface area contributed by atoms with E-state index in [9.17, 15) is 4.79 Å². The van der Waals surface area contributed by atoms with Crippen LogP contribution in [0.15, 0.2) is 65.1 Å². The molecule has 1 amide bonds. The first-order valence-corrected chi connectivity index (χ1v) is 9.68. The molecule has 0 bridgehead atoms. The summed E-state index contributed by atoms with van der Waals surface area (Å²) in [5.41, 5.74) is 2.69. The number of fused-ring (bicyclic) bond motifs is 1. The molecule has 4 nitrogen and oxygen atoms in total. The highest BCUT2D eigenvalue weighted by Gasteiger charge is 2.34. The van der Waals surface area contributed by atoms with Crippen molar-refractivity contribution >= 4 is 46.0 Å². The first-order valence-electron chi connectivity index (χ1n) is 8.46. The summed E-state index contributed by atoms with van der Waals surface area (Å²) in [4.78, 5) is 15.1. The van der Waals surface area contributed by atoms with Gasteiger partial charge in [0.05, 0.1) is 17.7 Å². The minimum Gasteiger partial charge on any atom is -0.497 e. The molecule has 1 saturated heterocycles. The average Bonchev–Trinajstić information content (AvgIpc) is 2.96. The molecule has 0 saturated carbocycles. The van der Waals surface area contributed by atoms with Crippen molar-refractivity contribution in [1.82, 2.24) is 0 Å². The Bertz CT molecular complexity index is 979. The van der Waals surface area contributed by atoms with E-state index in [1.807, 2.05) is 61.5 Å². The van der Waals surface area contributed by atoms with Gasteiger partial charge in [-0.2, -0.15) is 0 Å². The largest absolute Gasteiger partial charge is 0.497 e. The molecule has 6 heteroatoms. The van der Waals surface area contributed by atoms with Crippen LogP contribution in [0.2, 0.25) is 0 Å². The van der Waals surface area contributed by atoms with Gasteiger partial charge in [-0.1, -0.05) is 42.2 Å². The number of hydrogen-bond acceptors (Lipinski definition) is 5. The van der Waals surface area contributed by atoms with E-state index < -0.39 is 0 Å². The quantitative estimate of drug-likeness (QED) is 0.551. The predicted octanol–water partition coefficient (Wildman–Crippen LogP) is 4.81. The number of nitrogens with zero attached hydrogens (tertiary/aromatic N) is 1. The van der Waals surface area contributed by atoms with E-state index in [1.165, 1.54) is 11.8 Å². The van der Waals surface area contributed by atoms with Crippen LogP contribution in [0.5, 0.6) is 11.5 Å². The number of anilines is 1. The lowest BCUT2D eigenvalue weighted by Gasteiger charge is -2.23. The molecule has 0 aliphatic carbocycles. The standard InChI is InChI=1S/C21H17NO3S2/c1-13-15(11-14-5-3-4-6-18(14)25-13)12-19-20(23)22(21(26)27-19)16-7-9-17(24-2)10-8-16/h3-13H,1-2H3. The van der Waals surface area contributed by atoms with Crippen LogP contribution in [-0.2, 0) is 4.79 Å². The number of amides is 1. The molecule has 0 N–H and O–H groups in total. The van der Waals surface area contributed by atoms with Gasteiger partial charge in [0, 0.05) is 5.56 Å². The number of benzene rings is 2. The number of ether oxygens (including phenoxy) is 2. The van der Waals surface area contributed by atoms with Gasteiger partial charge in [-0.3, -0.25) is 9.69 Å². The molecule has 0 aromatic heterocycles. The number of thiocarbonyl (C=S) groups is 1. The Morgan fingerprint density at radius 1 is 1.19 bits per heavy atom. The molecule has 1 unspecified atom stereocenters. The Hall–Kier alpha value is -2.57. The molecule has 2 aliphatic rings. The third kappa shape index (κ3) is 3.38. The SMILES string of the molecule is COc1ccc(N2C(=O)C(=CC3=Cc4ccccc4OC3C)SC2=S)cc1. The Kier molecular flexibility index (Phi) is 4.76. The summed E-state index contributed by atoms with van der Waals surface area (Å²) in [6.07, 6.45) is 3.80. The van der Waals surface area contributed by atoms with Crippen molar-refractivity contribution in [2.45, 2.75) is 13.0 Å². The van der Waals surface area contributed by atoms with Gasteiger partial charge in [-0.25, -0.2) is 0 Å². The monoisotopic (exact) mass is 395 g/mol. The minimum atomic E-state index is -0.135. The van der Waals surface area contributed by atoms with Crippen molar-refractivity contribution in [3.05, 3.63) is 70.6 Å². The number of carbonyl (C=O) groups is 1. The van der Waals surface area contributed by atoms with E-state index in [-0.39, 0.29) is 12.0 Å². The van der Waals surface area contributed by atoms with Crippen molar-refractivity contribution in [3.63, 3.8) is 0 Å². The zero-order valence-electron chi connectivity index (χ0n) is 14.8. The second-order valence-electron chi connectivity index (χ2n) is 6.16. The summed E-state index contributed by atoms with van der Waals surface area (Å²) in [7, 11) is 1.61. The molecule has 2 aliphatic heterocycles. The number of methoxy groups -OCH3 is 1. The van der Waals surface area contributed by atoms with Gasteiger partial charge in [-0.15, -0.1) is 0 Å². The van der Waals surface area contributed by atoms with Crippen molar-refractivity contribution in [1.29, 1.82) is 0 Å². The predicted molar refractivity (Wildman–Crippen MR) is 113 cm³/mol. The lowest BCUT2D eigenvalue weighted by molar-refractivity contribution is -0.113. The Labute approximate surface area is 167 Å². The minimum absolute atomic E-state index is 0.123. The molecule has 27 heavy (non-hydrogen) atoms. The van der Waals surface area contributed by atoms with E-state index in [0.717, 1.165) is 28.3 Å². The van der Waals surface area contributed by atoms with Crippen molar-refractivity contribution in [3.8, 4) is 11.5 Å². The molecule has 4 rings (SSSR count). The average molecular weight is 396 g/mol. The Morgan fingerprint density at radius 3 is 2.67 bits per heavy atom. The maximum absolute atomic E-state index is 12.9. The van der Waals surface area contributed by atoms with Crippen molar-refractivity contribution < 1.29 is 14.3 Å². The van der Waals surface area contributed by atoms with Crippen LogP contribution in [0.3, 0.4) is 0 Å². The van der Waals surface area contributed by atoms with Gasteiger partial charge in [0.1, 0.15) is 17.6 Å². The summed E-state index contributed by atoms with van der Waals surface area (Å²) in [5, 5.41) is 0. The fourth-order valence-corrected chi connectivity index (χ4v) is 4.29. The second-order valence-corrected chi connectivity index (χ2v) is 7.83. The summed E-state index contributed by atoms with van der Waals surface area (Å²) >= 11 is 6.75. The normalized spacial score (nSPS) is 20.4. The van der Waals surface area contributed by atoms with E-state index in [4.69, 9.17) is 21.7 Å². The molecule has 0 radical (unpaired) electrons. The first-order chi connectivity index (χ1) is 13.1. The number of para-hydroxylation sites is 1. The summed E-state index contributed by atoms with van der Waals surface area (Å²) < 4.78 is 11.6. The van der Waals surface area contributed by atoms with Crippen LogP contribution < -0.4 is 14.4 Å². The molecule has 0 spiro atoms. The first kappa shape index (κ1) is 17.8. The Balaban J connectivity index is 1.64. The third-order valence-corrected chi connectivity index (χ3v) is 5.74. The summed E-state index contributed by atoms with van der Waals surface area (Å²) in [6, 6.07) is 15.1. The smallest absolute Gasteiger partial charge is 0.270 e. The molecule has 1 atom stereocenters. The maximum atomic E-state index is 12.9. The van der Waals surface area contributed by atoms with Gasteiger partial charge in [0.15, 0.2) is 4.32 Å². The van der Waals surface area contributed by atoms with Crippen LogP contribution in [0.4, 0.5) is 5.69 Å². The van der Waals surface area contributed by atoms with E-state index in [1.54, 1.807) is 12.0 Å². The highest BCUT2D eigenvalue weighted by atomic mass is 32.2. The molecule has 2 heterocycles. The third-order valence-electron chi connectivity index (χ3n) is 4.44. The van der Waals surface area contributed by atoms with Crippen LogP contribution in [0.25, 0.3) is 6.08 Å². The fraction of sp³-hybridized carbons (Fsp3) is 0.143. The van der Waals surface area contributed by atoms with Gasteiger partial charge < -0.3 is 9.47 Å². The van der Waals surface area contributed by atoms with Gasteiger partial charge in [-0.05, 0) is 55.0 Å². The molecule has 2 aromatic carbocycles. The lowest BCUT2D eigenvalue weighted by Crippen LogP contribution is -2.27. The highest BCUT2D eigenvalue weighted by Crippen LogP contribution is 2.38. The summed E-state index contributed by atoms with van der Waals surface area (Å²) in [6.45, 7) is 1.97. The number of thioether (sulfide) groups is 1. The molecular weight excluding hydrogens is 378 g/mol. The number of hydrogen-bond donors (Lipinski definition) is 0. The zero-order chi connectivity index (χ0) is 19.0. The maximum Gasteiger partial charge on any atom is 0.270 e. The van der Waals surface area contributed by atoms with Gasteiger partial charge >= 0.3 is 0 Å². The number of rotatable bonds is 3. The van der Waals surface area contributed by atoms with Crippen LogP contribution in [-0.4, -0.2) is 23.4 Å². The molecular formula is C21H17NO3S2. The lowest BCUT2D eigenvalue weighted by atomic mass is 10.0. The van der Waals surface area contributed by atoms with Crippen molar-refractivity contribution in [2.75, 3.05) is 12.0 Å². The topological polar surface area (TPSA) is 38.8 Å². The second kappa shape index (κ2) is 7.21. The highest BCUT2D eigenvalue weighted by molar-refractivity contribution is 8.27. The molecule has 2 aromatic rings. The van der Waals surface area contributed by atoms with Crippen LogP contribution in [0.1, 0.15) is 12.5 Å². The number of carbonyl (C=O) groups excluding carboxylic acids is 1. The van der Waals surface area contributed by atoms with Crippen molar-refractivity contribution in [2.24, 2.45) is 0 Å². The van der Waals surface area contributed by atoms with E-state index in [0.29, 0.717) is 9.23 Å². The van der Waals surface area contributed by atoms with E-state index in [2.05, 4.69) is 6.08 Å². The van der Waals surface area contributed by atoms with Crippen LogP contribution >= 0.6 is 24.0 Å². The fourth-order valence-electron chi connectivity index (χ4n) is 2.99. The molecule has 136 valence electrons. The van der Waals surface area contributed by atoms with Gasteiger partial charge in [0.2, 0.25) is 0 Å². The molecule has 1 fully saturated rings. The van der Waals surface area contributed by atoms with Gasteiger partial charge in [0.25, 0.3) is 5.91 Å². The Morgan fingerprint density at radius 2 is 1.93 bits per heavy atom. The van der Waals surface area contributed by atoms with E-state index >= 15 is 0 Å². The summed E-state index contributed by atoms with van der Waals surface area (Å²) in [5.74, 6) is 1.46. The zero-order valence-corrected chi connectivity index (χ0v) is 16.5.